The molecule has 3 nitrogen and oxygen atoms in total. The molecule has 0 spiro atoms. The average molecular weight is 482 g/mol. The Hall–Kier alpha value is -4.63. The van der Waals surface area contributed by atoms with Gasteiger partial charge in [0.25, 0.3) is 5.56 Å². The van der Waals surface area contributed by atoms with Crippen molar-refractivity contribution in [1.29, 1.82) is 0 Å². The van der Waals surface area contributed by atoms with E-state index < -0.39 is 5.60 Å². The van der Waals surface area contributed by atoms with E-state index in [1.807, 2.05) is 92.0 Å². The van der Waals surface area contributed by atoms with Gasteiger partial charge in [-0.25, -0.2) is 0 Å². The molecule has 0 saturated carbocycles. The first kappa shape index (κ1) is 22.8. The molecule has 0 N–H and O–H groups in total. The molecule has 0 saturated heterocycles. The molecule has 0 aliphatic heterocycles. The third-order valence-corrected chi connectivity index (χ3v) is 7.14. The molecule has 0 radical (unpaired) electrons. The minimum atomic E-state index is -0.886. The maximum Gasteiger partial charge on any atom is 0.258 e. The van der Waals surface area contributed by atoms with Crippen molar-refractivity contribution in [2.45, 2.75) is 12.5 Å². The van der Waals surface area contributed by atoms with Crippen LogP contribution in [0.2, 0.25) is 0 Å². The van der Waals surface area contributed by atoms with Gasteiger partial charge in [0.2, 0.25) is 0 Å². The molecule has 6 rings (SSSR count). The van der Waals surface area contributed by atoms with Crippen LogP contribution in [-0.4, -0.2) is 4.57 Å². The zero-order valence-corrected chi connectivity index (χ0v) is 20.9. The number of rotatable bonds is 5. The number of benzene rings is 5. The molecule has 0 fully saturated rings. The Morgan fingerprint density at radius 3 is 1.68 bits per heavy atom. The molecule has 37 heavy (non-hydrogen) atoms. The number of hydrogen-bond donors (Lipinski definition) is 0. The first-order chi connectivity index (χ1) is 18.1. The van der Waals surface area contributed by atoms with Crippen molar-refractivity contribution in [3.63, 3.8) is 0 Å². The van der Waals surface area contributed by atoms with Crippen molar-refractivity contribution in [2.75, 3.05) is 0 Å². The first-order valence-corrected chi connectivity index (χ1v) is 12.5. The minimum Gasteiger partial charge on any atom is -0.473 e. The van der Waals surface area contributed by atoms with Crippen LogP contribution in [0.25, 0.3) is 21.7 Å². The highest BCUT2D eigenvalue weighted by Gasteiger charge is 2.39. The molecule has 0 bridgehead atoms. The summed E-state index contributed by atoms with van der Waals surface area (Å²) in [6.45, 7) is 2.07. The van der Waals surface area contributed by atoms with Crippen molar-refractivity contribution >= 4 is 21.7 Å². The minimum absolute atomic E-state index is 0.0154. The lowest BCUT2D eigenvalue weighted by Crippen LogP contribution is -2.36. The van der Waals surface area contributed by atoms with Crippen LogP contribution < -0.4 is 10.3 Å². The lowest BCUT2D eigenvalue weighted by Gasteiger charge is -2.36. The number of hydrogen-bond acceptors (Lipinski definition) is 2. The lowest BCUT2D eigenvalue weighted by atomic mass is 9.80. The number of ether oxygens (including phenoxy) is 1. The van der Waals surface area contributed by atoms with Gasteiger partial charge in [0.15, 0.2) is 5.60 Å². The lowest BCUT2D eigenvalue weighted by molar-refractivity contribution is 0.155. The van der Waals surface area contributed by atoms with E-state index in [9.17, 15) is 4.79 Å². The molecule has 0 aliphatic rings. The van der Waals surface area contributed by atoms with Gasteiger partial charge in [-0.15, -0.1) is 0 Å². The summed E-state index contributed by atoms with van der Waals surface area (Å²) in [5, 5.41) is 2.60. The number of aromatic nitrogens is 1. The molecule has 0 aliphatic carbocycles. The van der Waals surface area contributed by atoms with Gasteiger partial charge in [0.05, 0.1) is 5.52 Å². The maximum atomic E-state index is 13.2. The van der Waals surface area contributed by atoms with E-state index in [0.29, 0.717) is 11.1 Å². The predicted molar refractivity (Wildman–Crippen MR) is 151 cm³/mol. The van der Waals surface area contributed by atoms with E-state index >= 15 is 0 Å². The zero-order chi connectivity index (χ0) is 25.4. The molecule has 0 unspecified atom stereocenters. The van der Waals surface area contributed by atoms with E-state index in [4.69, 9.17) is 4.74 Å². The molecule has 6 aromatic rings. The molecule has 180 valence electrons. The Labute approximate surface area is 216 Å². The highest BCUT2D eigenvalue weighted by molar-refractivity contribution is 6.06. The Balaban J connectivity index is 1.64. The Morgan fingerprint density at radius 2 is 1.14 bits per heavy atom. The smallest absolute Gasteiger partial charge is 0.258 e. The number of pyridine rings is 1. The summed E-state index contributed by atoms with van der Waals surface area (Å²) in [6.07, 6.45) is 0. The van der Waals surface area contributed by atoms with Gasteiger partial charge < -0.3 is 9.30 Å². The second-order valence-corrected chi connectivity index (χ2v) is 9.47. The van der Waals surface area contributed by atoms with Crippen LogP contribution in [0, 0.1) is 6.92 Å². The first-order valence-electron chi connectivity index (χ1n) is 12.5. The average Bonchev–Trinajstić information content (AvgIpc) is 2.96. The standard InChI is InChI=1S/C34H27NO2/c1-24-18-21-32-31(22-24)30-23-28(19-20-29(30)33(36)35(32)2)37-34(25-12-6-3-7-13-25,26-14-8-4-9-15-26)27-16-10-5-11-17-27/h3-23H,1-2H3. The summed E-state index contributed by atoms with van der Waals surface area (Å²) < 4.78 is 8.83. The summed E-state index contributed by atoms with van der Waals surface area (Å²) in [5.41, 5.74) is 4.22. The van der Waals surface area contributed by atoms with E-state index in [-0.39, 0.29) is 5.56 Å². The van der Waals surface area contributed by atoms with Crippen LogP contribution in [0.4, 0.5) is 0 Å². The van der Waals surface area contributed by atoms with Crippen molar-refractivity contribution in [1.82, 2.24) is 4.57 Å². The van der Waals surface area contributed by atoms with Crippen LogP contribution in [0.3, 0.4) is 0 Å². The molecule has 0 amide bonds. The summed E-state index contributed by atoms with van der Waals surface area (Å²) in [7, 11) is 1.83. The Morgan fingerprint density at radius 1 is 0.595 bits per heavy atom. The van der Waals surface area contributed by atoms with Crippen molar-refractivity contribution in [2.24, 2.45) is 7.05 Å². The fourth-order valence-electron chi connectivity index (χ4n) is 5.32. The topological polar surface area (TPSA) is 31.2 Å². The van der Waals surface area contributed by atoms with E-state index in [2.05, 4.69) is 49.4 Å². The largest absolute Gasteiger partial charge is 0.473 e. The van der Waals surface area contributed by atoms with Crippen molar-refractivity contribution in [3.05, 3.63) is 160 Å². The zero-order valence-electron chi connectivity index (χ0n) is 20.9. The maximum absolute atomic E-state index is 13.2. The molecule has 1 heterocycles. The van der Waals surface area contributed by atoms with Crippen LogP contribution in [-0.2, 0) is 12.6 Å². The quantitative estimate of drug-likeness (QED) is 0.190. The molecule has 3 heteroatoms. The van der Waals surface area contributed by atoms with E-state index in [1.54, 1.807) is 4.57 Å². The van der Waals surface area contributed by atoms with Crippen LogP contribution in [0.15, 0.2) is 132 Å². The summed E-state index contributed by atoms with van der Waals surface area (Å²) in [6, 6.07) is 43.0. The predicted octanol–water partition coefficient (Wildman–Crippen LogP) is 7.37. The Kier molecular flexibility index (Phi) is 5.61. The summed E-state index contributed by atoms with van der Waals surface area (Å²) >= 11 is 0. The van der Waals surface area contributed by atoms with Crippen molar-refractivity contribution in [3.8, 4) is 5.75 Å². The third kappa shape index (κ3) is 3.80. The second-order valence-electron chi connectivity index (χ2n) is 9.47. The summed E-state index contributed by atoms with van der Waals surface area (Å²) in [5.74, 6) is 0.695. The highest BCUT2D eigenvalue weighted by atomic mass is 16.5. The number of aryl methyl sites for hydroxylation is 2. The molecular formula is C34H27NO2. The molecule has 1 aromatic heterocycles. The normalized spacial score (nSPS) is 11.6. The van der Waals surface area contributed by atoms with E-state index in [1.165, 1.54) is 0 Å². The van der Waals surface area contributed by atoms with Gasteiger partial charge in [-0.2, -0.15) is 0 Å². The fourth-order valence-corrected chi connectivity index (χ4v) is 5.32. The molecular weight excluding hydrogens is 454 g/mol. The van der Waals surface area contributed by atoms with Crippen LogP contribution in [0.1, 0.15) is 22.3 Å². The van der Waals surface area contributed by atoms with Crippen LogP contribution in [0.5, 0.6) is 5.75 Å². The van der Waals surface area contributed by atoms with Gasteiger partial charge in [0.1, 0.15) is 5.75 Å². The van der Waals surface area contributed by atoms with Gasteiger partial charge in [-0.1, -0.05) is 103 Å². The molecule has 5 aromatic carbocycles. The summed E-state index contributed by atoms with van der Waals surface area (Å²) in [4.78, 5) is 13.2. The monoisotopic (exact) mass is 481 g/mol. The van der Waals surface area contributed by atoms with Gasteiger partial charge in [-0.05, 0) is 37.3 Å². The molecule has 0 atom stereocenters. The van der Waals surface area contributed by atoms with Crippen LogP contribution >= 0.6 is 0 Å². The fraction of sp³-hybridized carbons (Fsp3) is 0.0882. The SMILES string of the molecule is Cc1ccc2c(c1)c1cc(OC(c3ccccc3)(c3ccccc3)c3ccccc3)ccc1c(=O)n2C. The van der Waals surface area contributed by atoms with Gasteiger partial charge >= 0.3 is 0 Å². The Bertz CT molecular complexity index is 1680. The number of fused-ring (bicyclic) bond motifs is 3. The van der Waals surface area contributed by atoms with Gasteiger partial charge in [-0.3, -0.25) is 4.79 Å². The van der Waals surface area contributed by atoms with Gasteiger partial charge in [0, 0.05) is 39.9 Å². The second kappa shape index (κ2) is 9.11. The highest BCUT2D eigenvalue weighted by Crippen LogP contribution is 2.42. The van der Waals surface area contributed by atoms with Crippen molar-refractivity contribution < 1.29 is 4.74 Å². The van der Waals surface area contributed by atoms with E-state index in [0.717, 1.165) is 38.5 Å². The number of nitrogens with zero attached hydrogens (tertiary/aromatic N) is 1. The third-order valence-electron chi connectivity index (χ3n) is 7.14.